The number of nitro benzene ring substituents is 1. The zero-order chi connectivity index (χ0) is 22.1. The molecule has 1 aliphatic rings. The van der Waals surface area contributed by atoms with Gasteiger partial charge in [-0.25, -0.2) is 0 Å². The topological polar surface area (TPSA) is 81.9 Å². The fourth-order valence-corrected chi connectivity index (χ4v) is 4.97. The predicted molar refractivity (Wildman–Crippen MR) is 119 cm³/mol. The van der Waals surface area contributed by atoms with E-state index < -0.39 is 4.92 Å². The number of amides is 1. The summed E-state index contributed by atoms with van der Waals surface area (Å²) in [5.74, 6) is 0.952. The number of nitrogens with zero attached hydrogens (tertiary/aromatic N) is 2. The van der Waals surface area contributed by atoms with E-state index in [9.17, 15) is 14.9 Å². The molecule has 0 radical (unpaired) electrons. The third kappa shape index (κ3) is 3.84. The highest BCUT2D eigenvalue weighted by atomic mass is 35.5. The number of hydrogen-bond donors (Lipinski definition) is 0. The van der Waals surface area contributed by atoms with Gasteiger partial charge in [-0.05, 0) is 47.2 Å². The molecule has 0 aliphatic carbocycles. The van der Waals surface area contributed by atoms with Crippen molar-refractivity contribution in [1.82, 2.24) is 4.90 Å². The Kier molecular flexibility index (Phi) is 5.84. The van der Waals surface area contributed by atoms with Crippen LogP contribution in [0.25, 0.3) is 0 Å². The second kappa shape index (κ2) is 8.56. The SMILES string of the molecule is COc1cc2c(cc1OC)C(c1cccs1)N(C(=O)c1ccc([N+](=O)[O-])cc1Cl)CC2. The van der Waals surface area contributed by atoms with Crippen molar-refractivity contribution in [3.8, 4) is 11.5 Å². The number of thiophene rings is 1. The number of hydrogen-bond acceptors (Lipinski definition) is 6. The van der Waals surface area contributed by atoms with Gasteiger partial charge >= 0.3 is 0 Å². The van der Waals surface area contributed by atoms with E-state index in [1.54, 1.807) is 30.5 Å². The van der Waals surface area contributed by atoms with Crippen molar-refractivity contribution in [1.29, 1.82) is 0 Å². The Hall–Kier alpha value is -3.10. The first-order chi connectivity index (χ1) is 14.9. The fourth-order valence-electron chi connectivity index (χ4n) is 3.86. The molecule has 0 spiro atoms. The molecule has 1 atom stereocenters. The number of methoxy groups -OCH3 is 2. The van der Waals surface area contributed by atoms with Crippen molar-refractivity contribution < 1.29 is 19.2 Å². The summed E-state index contributed by atoms with van der Waals surface area (Å²) in [6.07, 6.45) is 0.633. The molecule has 0 saturated heterocycles. The van der Waals surface area contributed by atoms with Crippen molar-refractivity contribution in [2.24, 2.45) is 0 Å². The van der Waals surface area contributed by atoms with Crippen LogP contribution in [-0.4, -0.2) is 36.5 Å². The van der Waals surface area contributed by atoms with Gasteiger partial charge in [0.05, 0.1) is 35.8 Å². The Morgan fingerprint density at radius 3 is 2.55 bits per heavy atom. The van der Waals surface area contributed by atoms with Crippen LogP contribution in [0.2, 0.25) is 5.02 Å². The zero-order valence-electron chi connectivity index (χ0n) is 16.8. The Balaban J connectivity index is 1.80. The van der Waals surface area contributed by atoms with Gasteiger partial charge in [0.15, 0.2) is 11.5 Å². The number of benzene rings is 2. The first kappa shape index (κ1) is 21.1. The van der Waals surface area contributed by atoms with Crippen LogP contribution in [0, 0.1) is 10.1 Å². The van der Waals surface area contributed by atoms with E-state index in [2.05, 4.69) is 0 Å². The van der Waals surface area contributed by atoms with Crippen LogP contribution in [-0.2, 0) is 6.42 Å². The number of ether oxygens (including phenoxy) is 2. The van der Waals surface area contributed by atoms with Gasteiger partial charge in [-0.15, -0.1) is 11.3 Å². The Labute approximate surface area is 187 Å². The second-order valence-corrected chi connectivity index (χ2v) is 8.38. The van der Waals surface area contributed by atoms with E-state index in [0.717, 1.165) is 16.0 Å². The highest BCUT2D eigenvalue weighted by Crippen LogP contribution is 2.43. The minimum atomic E-state index is -0.536. The summed E-state index contributed by atoms with van der Waals surface area (Å²) in [5, 5.41) is 13.0. The first-order valence-corrected chi connectivity index (χ1v) is 10.7. The highest BCUT2D eigenvalue weighted by Gasteiger charge is 2.35. The normalized spacial score (nSPS) is 15.3. The van der Waals surface area contributed by atoms with E-state index in [0.29, 0.717) is 24.5 Å². The third-order valence-electron chi connectivity index (χ3n) is 5.34. The summed E-state index contributed by atoms with van der Waals surface area (Å²) in [5.41, 5.74) is 2.11. The average Bonchev–Trinajstić information content (AvgIpc) is 3.31. The predicted octanol–water partition coefficient (Wildman–Crippen LogP) is 5.11. The lowest BCUT2D eigenvalue weighted by Gasteiger charge is -2.37. The van der Waals surface area contributed by atoms with Crippen molar-refractivity contribution in [3.05, 3.63) is 84.5 Å². The number of nitro groups is 1. The molecule has 7 nitrogen and oxygen atoms in total. The van der Waals surface area contributed by atoms with E-state index >= 15 is 0 Å². The van der Waals surface area contributed by atoms with E-state index in [-0.39, 0.29) is 28.2 Å². The van der Waals surface area contributed by atoms with Gasteiger partial charge in [-0.1, -0.05) is 17.7 Å². The van der Waals surface area contributed by atoms with Gasteiger partial charge in [0, 0.05) is 23.6 Å². The maximum absolute atomic E-state index is 13.5. The smallest absolute Gasteiger partial charge is 0.270 e. The molecule has 1 aromatic heterocycles. The number of rotatable bonds is 5. The number of carbonyl (C=O) groups is 1. The number of halogens is 1. The lowest BCUT2D eigenvalue weighted by Crippen LogP contribution is -2.40. The Bertz CT molecular complexity index is 1150. The van der Waals surface area contributed by atoms with Gasteiger partial charge in [0.25, 0.3) is 11.6 Å². The van der Waals surface area contributed by atoms with Crippen molar-refractivity contribution in [2.45, 2.75) is 12.5 Å². The van der Waals surface area contributed by atoms with Crippen LogP contribution >= 0.6 is 22.9 Å². The summed E-state index contributed by atoms with van der Waals surface area (Å²) in [7, 11) is 3.17. The molecule has 1 unspecified atom stereocenters. The summed E-state index contributed by atoms with van der Waals surface area (Å²) >= 11 is 7.82. The lowest BCUT2D eigenvalue weighted by molar-refractivity contribution is -0.384. The maximum atomic E-state index is 13.5. The quantitative estimate of drug-likeness (QED) is 0.391. The van der Waals surface area contributed by atoms with Crippen LogP contribution in [0.3, 0.4) is 0 Å². The molecule has 4 rings (SSSR count). The van der Waals surface area contributed by atoms with Crippen LogP contribution < -0.4 is 9.47 Å². The molecular weight excluding hydrogens is 440 g/mol. The van der Waals surface area contributed by atoms with Crippen LogP contribution in [0.4, 0.5) is 5.69 Å². The van der Waals surface area contributed by atoms with Crippen molar-refractivity contribution in [2.75, 3.05) is 20.8 Å². The van der Waals surface area contributed by atoms with Crippen LogP contribution in [0.15, 0.2) is 47.8 Å². The molecule has 9 heteroatoms. The summed E-state index contributed by atoms with van der Waals surface area (Å²) in [6, 6.07) is 11.4. The second-order valence-electron chi connectivity index (χ2n) is 6.99. The lowest BCUT2D eigenvalue weighted by atomic mass is 9.90. The van der Waals surface area contributed by atoms with Crippen molar-refractivity contribution >= 4 is 34.5 Å². The first-order valence-electron chi connectivity index (χ1n) is 9.47. The van der Waals surface area contributed by atoms with Crippen molar-refractivity contribution in [3.63, 3.8) is 0 Å². The molecule has 0 fully saturated rings. The fraction of sp³-hybridized carbons (Fsp3) is 0.227. The summed E-state index contributed by atoms with van der Waals surface area (Å²) in [4.78, 5) is 26.8. The Morgan fingerprint density at radius 2 is 1.94 bits per heavy atom. The molecule has 0 saturated carbocycles. The minimum absolute atomic E-state index is 0.0576. The van der Waals surface area contributed by atoms with E-state index in [1.807, 2.05) is 29.6 Å². The molecule has 0 bridgehead atoms. The van der Waals surface area contributed by atoms with Crippen LogP contribution in [0.1, 0.15) is 32.4 Å². The number of non-ortho nitro benzene ring substituents is 1. The maximum Gasteiger partial charge on any atom is 0.270 e. The van der Waals surface area contributed by atoms with Gasteiger partial charge in [0.2, 0.25) is 0 Å². The molecule has 31 heavy (non-hydrogen) atoms. The molecule has 160 valence electrons. The number of carbonyl (C=O) groups excluding carboxylic acids is 1. The minimum Gasteiger partial charge on any atom is -0.493 e. The molecule has 3 aromatic rings. The number of fused-ring (bicyclic) bond motifs is 1. The zero-order valence-corrected chi connectivity index (χ0v) is 18.4. The Morgan fingerprint density at radius 1 is 1.19 bits per heavy atom. The monoisotopic (exact) mass is 458 g/mol. The highest BCUT2D eigenvalue weighted by molar-refractivity contribution is 7.10. The van der Waals surface area contributed by atoms with Gasteiger partial charge in [0.1, 0.15) is 0 Å². The van der Waals surface area contributed by atoms with Gasteiger partial charge in [-0.2, -0.15) is 0 Å². The van der Waals surface area contributed by atoms with Crippen LogP contribution in [0.5, 0.6) is 11.5 Å². The summed E-state index contributed by atoms with van der Waals surface area (Å²) in [6.45, 7) is 0.469. The molecule has 1 aliphatic heterocycles. The summed E-state index contributed by atoms with van der Waals surface area (Å²) < 4.78 is 10.9. The largest absolute Gasteiger partial charge is 0.493 e. The van der Waals surface area contributed by atoms with E-state index in [1.165, 1.54) is 18.2 Å². The molecule has 1 amide bonds. The standard InChI is InChI=1S/C22H19ClN2O5S/c1-29-18-10-13-7-8-24(22(26)15-6-5-14(25(27)28)11-17(15)23)21(20-4-3-9-31-20)16(13)12-19(18)30-2/h3-6,9-12,21H,7-8H2,1-2H3. The average molecular weight is 459 g/mol. The molecule has 0 N–H and O–H groups in total. The third-order valence-corrected chi connectivity index (χ3v) is 6.58. The molecule has 2 heterocycles. The van der Waals surface area contributed by atoms with Gasteiger partial charge < -0.3 is 14.4 Å². The van der Waals surface area contributed by atoms with Gasteiger partial charge in [-0.3, -0.25) is 14.9 Å². The molecule has 2 aromatic carbocycles. The van der Waals surface area contributed by atoms with E-state index in [4.69, 9.17) is 21.1 Å². The molecular formula is C22H19ClN2O5S.